The van der Waals surface area contributed by atoms with E-state index in [1.165, 1.54) is 44.8 Å². The fourth-order valence-corrected chi connectivity index (χ4v) is 2.24. The Morgan fingerprint density at radius 1 is 1.00 bits per heavy atom. The summed E-state index contributed by atoms with van der Waals surface area (Å²) in [7, 11) is 0. The highest BCUT2D eigenvalue weighted by atomic mass is 35.5. The molecular formula is C14H30BCl. The largest absolute Gasteiger partial charge is 0.256 e. The first kappa shape index (κ1) is 16.4. The minimum Gasteiger partial charge on any atom is -0.195 e. The lowest BCUT2D eigenvalue weighted by molar-refractivity contribution is 0.468. The number of hydrogen-bond acceptors (Lipinski definition) is 0. The summed E-state index contributed by atoms with van der Waals surface area (Å²) in [5, 5.41) is 0.269. The smallest absolute Gasteiger partial charge is 0.195 e. The van der Waals surface area contributed by atoms with E-state index in [2.05, 4.69) is 34.6 Å². The topological polar surface area (TPSA) is 0 Å². The highest BCUT2D eigenvalue weighted by Gasteiger charge is 2.33. The van der Waals surface area contributed by atoms with E-state index in [9.17, 15) is 0 Å². The quantitative estimate of drug-likeness (QED) is 0.344. The molecule has 0 unspecified atom stereocenters. The molecule has 2 heteroatoms. The van der Waals surface area contributed by atoms with Crippen LogP contribution in [0.25, 0.3) is 0 Å². The van der Waals surface area contributed by atoms with Crippen molar-refractivity contribution in [3.05, 3.63) is 0 Å². The molecule has 96 valence electrons. The fraction of sp³-hybridized carbons (Fsp3) is 1.00. The Balaban J connectivity index is 3.61. The van der Waals surface area contributed by atoms with Gasteiger partial charge < -0.3 is 0 Å². The SMILES string of the molecule is CCCCCCCCB(Cl)C(C)(C)C(C)C. The molecule has 0 aliphatic carbocycles. The molecule has 0 nitrogen and oxygen atoms in total. The zero-order valence-corrected chi connectivity index (χ0v) is 12.7. The Kier molecular flexibility index (Phi) is 8.63. The van der Waals surface area contributed by atoms with E-state index in [0.29, 0.717) is 12.0 Å². The number of hydrogen-bond donors (Lipinski definition) is 0. The molecule has 0 bridgehead atoms. The van der Waals surface area contributed by atoms with Gasteiger partial charge in [0.1, 0.15) is 0 Å². The van der Waals surface area contributed by atoms with Crippen LogP contribution in [0.5, 0.6) is 0 Å². The Morgan fingerprint density at radius 2 is 1.50 bits per heavy atom. The molecule has 0 N–H and O–H groups in total. The van der Waals surface area contributed by atoms with E-state index in [1.54, 1.807) is 0 Å². The predicted octanol–water partition coefficient (Wildman–Crippen LogP) is 6.01. The van der Waals surface area contributed by atoms with Gasteiger partial charge >= 0.3 is 0 Å². The van der Waals surface area contributed by atoms with Gasteiger partial charge in [-0.15, -0.1) is 0 Å². The normalized spacial score (nSPS) is 12.2. The molecule has 16 heavy (non-hydrogen) atoms. The van der Waals surface area contributed by atoms with Gasteiger partial charge in [0.25, 0.3) is 6.13 Å². The van der Waals surface area contributed by atoms with Crippen molar-refractivity contribution in [1.82, 2.24) is 0 Å². The van der Waals surface area contributed by atoms with Crippen molar-refractivity contribution in [1.29, 1.82) is 0 Å². The summed E-state index contributed by atoms with van der Waals surface area (Å²) in [6.07, 6.45) is 9.68. The highest BCUT2D eigenvalue weighted by molar-refractivity contribution is 7.08. The van der Waals surface area contributed by atoms with Gasteiger partial charge in [-0.2, -0.15) is 11.5 Å². The summed E-state index contributed by atoms with van der Waals surface area (Å²) < 4.78 is 0. The summed E-state index contributed by atoms with van der Waals surface area (Å²) in [4.78, 5) is 0. The zero-order valence-electron chi connectivity index (χ0n) is 12.0. The van der Waals surface area contributed by atoms with Crippen LogP contribution in [-0.4, -0.2) is 6.13 Å². The lowest BCUT2D eigenvalue weighted by Crippen LogP contribution is -2.27. The van der Waals surface area contributed by atoms with Crippen molar-refractivity contribution in [2.75, 3.05) is 0 Å². The fourth-order valence-electron chi connectivity index (χ4n) is 1.84. The van der Waals surface area contributed by atoms with Crippen LogP contribution in [0.1, 0.15) is 73.1 Å². The van der Waals surface area contributed by atoms with Crippen molar-refractivity contribution < 1.29 is 0 Å². The second-order valence-electron chi connectivity index (χ2n) is 6.00. The van der Waals surface area contributed by atoms with Crippen molar-refractivity contribution >= 4 is 17.6 Å². The maximum absolute atomic E-state index is 6.51. The molecule has 0 saturated carbocycles. The molecule has 0 aromatic carbocycles. The first-order chi connectivity index (χ1) is 7.42. The second-order valence-corrected chi connectivity index (χ2v) is 6.53. The van der Waals surface area contributed by atoms with Crippen LogP contribution in [0.2, 0.25) is 11.6 Å². The second kappa shape index (κ2) is 8.45. The van der Waals surface area contributed by atoms with E-state index in [4.69, 9.17) is 11.5 Å². The molecule has 0 amide bonds. The number of rotatable bonds is 9. The Labute approximate surface area is 109 Å². The van der Waals surface area contributed by atoms with Crippen molar-refractivity contribution in [3.8, 4) is 0 Å². The third-order valence-electron chi connectivity index (χ3n) is 4.11. The van der Waals surface area contributed by atoms with Gasteiger partial charge in [-0.1, -0.05) is 79.5 Å². The first-order valence-corrected chi connectivity index (χ1v) is 7.50. The van der Waals surface area contributed by atoms with E-state index in [0.717, 1.165) is 0 Å². The third-order valence-corrected chi connectivity index (χ3v) is 4.89. The molecule has 0 fully saturated rings. The molecule has 0 aliphatic rings. The predicted molar refractivity (Wildman–Crippen MR) is 78.7 cm³/mol. The monoisotopic (exact) mass is 244 g/mol. The molecule has 0 atom stereocenters. The first-order valence-electron chi connectivity index (χ1n) is 7.07. The van der Waals surface area contributed by atoms with Crippen LogP contribution < -0.4 is 0 Å². The summed E-state index contributed by atoms with van der Waals surface area (Å²) in [5.74, 6) is 0.662. The van der Waals surface area contributed by atoms with Crippen molar-refractivity contribution in [2.24, 2.45) is 5.92 Å². The van der Waals surface area contributed by atoms with Gasteiger partial charge in [-0.05, 0) is 11.2 Å². The Morgan fingerprint density at radius 3 is 2.00 bits per heavy atom. The molecule has 0 spiro atoms. The standard InChI is InChI=1S/C14H30BCl/c1-6-7-8-9-10-11-12-15(16)14(4,5)13(2)3/h13H,6-12H2,1-5H3. The highest BCUT2D eigenvalue weighted by Crippen LogP contribution is 2.41. The molecule has 0 radical (unpaired) electrons. The van der Waals surface area contributed by atoms with Crippen molar-refractivity contribution in [3.63, 3.8) is 0 Å². The van der Waals surface area contributed by atoms with Gasteiger partial charge in [0.15, 0.2) is 0 Å². The van der Waals surface area contributed by atoms with Crippen LogP contribution in [0, 0.1) is 5.92 Å². The van der Waals surface area contributed by atoms with Crippen LogP contribution in [0.3, 0.4) is 0 Å². The molecule has 0 aromatic rings. The average Bonchev–Trinajstić information content (AvgIpc) is 2.22. The van der Waals surface area contributed by atoms with Crippen LogP contribution in [0.15, 0.2) is 0 Å². The maximum atomic E-state index is 6.51. The van der Waals surface area contributed by atoms with Crippen LogP contribution in [-0.2, 0) is 0 Å². The summed E-state index contributed by atoms with van der Waals surface area (Å²) >= 11 is 6.51. The Hall–Kier alpha value is 0.355. The summed E-state index contributed by atoms with van der Waals surface area (Å²) in [6, 6.07) is 0. The van der Waals surface area contributed by atoms with E-state index < -0.39 is 0 Å². The van der Waals surface area contributed by atoms with Gasteiger partial charge in [0.2, 0.25) is 0 Å². The zero-order chi connectivity index (χ0) is 12.6. The minimum absolute atomic E-state index is 0.269. The number of halogens is 1. The summed E-state index contributed by atoms with van der Waals surface area (Å²) in [6.45, 7) is 11.4. The van der Waals surface area contributed by atoms with Gasteiger partial charge in [0.05, 0.1) is 0 Å². The van der Waals surface area contributed by atoms with E-state index in [1.807, 2.05) is 0 Å². The van der Waals surface area contributed by atoms with Crippen LogP contribution in [0.4, 0.5) is 0 Å². The molecule has 0 aromatic heterocycles. The van der Waals surface area contributed by atoms with Gasteiger partial charge in [-0.25, -0.2) is 0 Å². The Bertz CT molecular complexity index is 166. The molecular weight excluding hydrogens is 214 g/mol. The lowest BCUT2D eigenvalue weighted by Gasteiger charge is -2.32. The average molecular weight is 245 g/mol. The minimum atomic E-state index is 0.269. The van der Waals surface area contributed by atoms with Gasteiger partial charge in [0, 0.05) is 0 Å². The molecule has 0 rings (SSSR count). The van der Waals surface area contributed by atoms with Crippen molar-refractivity contribution in [2.45, 2.75) is 84.8 Å². The summed E-state index contributed by atoms with van der Waals surface area (Å²) in [5.41, 5.74) is 0. The van der Waals surface area contributed by atoms with Gasteiger partial charge in [-0.3, -0.25) is 0 Å². The van der Waals surface area contributed by atoms with E-state index in [-0.39, 0.29) is 5.31 Å². The lowest BCUT2D eigenvalue weighted by atomic mass is 9.46. The molecule has 0 saturated heterocycles. The molecule has 0 aliphatic heterocycles. The number of unbranched alkanes of at least 4 members (excludes halogenated alkanes) is 5. The maximum Gasteiger partial charge on any atom is 0.256 e. The van der Waals surface area contributed by atoms with Crippen LogP contribution >= 0.6 is 11.5 Å². The molecule has 0 heterocycles. The van der Waals surface area contributed by atoms with E-state index >= 15 is 0 Å². The third kappa shape index (κ3) is 6.18.